The molecule has 0 bridgehead atoms. The number of likely N-dealkylation sites (N-methyl/N-ethyl adjacent to an activating group) is 1. The average molecular weight is 292 g/mol. The fraction of sp³-hybridized carbons (Fsp3) is 0.500. The van der Waals surface area contributed by atoms with Gasteiger partial charge in [0.2, 0.25) is 5.91 Å². The van der Waals surface area contributed by atoms with Gasteiger partial charge in [0.05, 0.1) is 4.92 Å². The van der Waals surface area contributed by atoms with Crippen molar-refractivity contribution in [2.24, 2.45) is 0 Å². The van der Waals surface area contributed by atoms with Gasteiger partial charge in [0, 0.05) is 31.3 Å². The SMILES string of the molecule is CCN(C)CCNc1cc2c(cc1[N+](=O)[O-])CCC(=O)N2. The van der Waals surface area contributed by atoms with E-state index in [1.165, 1.54) is 0 Å². The van der Waals surface area contributed by atoms with Crippen molar-refractivity contribution in [1.82, 2.24) is 4.90 Å². The highest BCUT2D eigenvalue weighted by Crippen LogP contribution is 2.33. The smallest absolute Gasteiger partial charge is 0.292 e. The number of aryl methyl sites for hydroxylation is 1. The van der Waals surface area contributed by atoms with Crippen LogP contribution in [0.1, 0.15) is 18.9 Å². The van der Waals surface area contributed by atoms with Crippen LogP contribution in [0.2, 0.25) is 0 Å². The number of nitrogens with one attached hydrogen (secondary N) is 2. The van der Waals surface area contributed by atoms with E-state index in [0.29, 0.717) is 30.8 Å². The summed E-state index contributed by atoms with van der Waals surface area (Å²) in [6.07, 6.45) is 0.916. The minimum absolute atomic E-state index is 0.0481. The summed E-state index contributed by atoms with van der Waals surface area (Å²) in [5, 5.41) is 17.0. The normalized spacial score (nSPS) is 13.8. The second kappa shape index (κ2) is 6.53. The number of hydrogen-bond donors (Lipinski definition) is 2. The van der Waals surface area contributed by atoms with E-state index in [1.807, 2.05) is 7.05 Å². The van der Waals surface area contributed by atoms with Gasteiger partial charge in [0.1, 0.15) is 5.69 Å². The molecule has 0 atom stereocenters. The molecule has 0 unspecified atom stereocenters. The molecule has 0 fully saturated rings. The third-order valence-electron chi connectivity index (χ3n) is 3.66. The number of rotatable bonds is 6. The first-order chi connectivity index (χ1) is 10.0. The lowest BCUT2D eigenvalue weighted by Gasteiger charge is -2.19. The number of carbonyl (C=O) groups is 1. The number of fused-ring (bicyclic) bond motifs is 1. The van der Waals surface area contributed by atoms with Gasteiger partial charge in [-0.15, -0.1) is 0 Å². The second-order valence-electron chi connectivity index (χ2n) is 5.15. The van der Waals surface area contributed by atoms with E-state index in [0.717, 1.165) is 18.7 Å². The highest BCUT2D eigenvalue weighted by molar-refractivity contribution is 5.95. The molecule has 0 saturated heterocycles. The monoisotopic (exact) mass is 292 g/mol. The summed E-state index contributed by atoms with van der Waals surface area (Å²) < 4.78 is 0. The molecule has 114 valence electrons. The summed E-state index contributed by atoms with van der Waals surface area (Å²) in [6.45, 7) is 4.37. The van der Waals surface area contributed by atoms with E-state index in [9.17, 15) is 14.9 Å². The largest absolute Gasteiger partial charge is 0.378 e. The Bertz CT molecular complexity index is 559. The summed E-state index contributed by atoms with van der Waals surface area (Å²) in [7, 11) is 1.99. The predicted octanol–water partition coefficient (Wildman–Crippen LogP) is 1.84. The molecule has 7 heteroatoms. The molecular weight excluding hydrogens is 272 g/mol. The lowest BCUT2D eigenvalue weighted by molar-refractivity contribution is -0.384. The number of nitro benzene ring substituents is 1. The van der Waals surface area contributed by atoms with Crippen molar-refractivity contribution < 1.29 is 9.72 Å². The molecule has 0 saturated carbocycles. The molecule has 1 aliphatic rings. The van der Waals surface area contributed by atoms with Crippen LogP contribution < -0.4 is 10.6 Å². The number of hydrogen-bond acceptors (Lipinski definition) is 5. The highest BCUT2D eigenvalue weighted by Gasteiger charge is 2.22. The summed E-state index contributed by atoms with van der Waals surface area (Å²) in [4.78, 5) is 24.3. The van der Waals surface area contributed by atoms with Crippen molar-refractivity contribution in [1.29, 1.82) is 0 Å². The predicted molar refractivity (Wildman–Crippen MR) is 81.7 cm³/mol. The minimum Gasteiger partial charge on any atom is -0.378 e. The average Bonchev–Trinajstić information content (AvgIpc) is 2.45. The fourth-order valence-electron chi connectivity index (χ4n) is 2.25. The zero-order valence-corrected chi connectivity index (χ0v) is 12.3. The lowest BCUT2D eigenvalue weighted by atomic mass is 10.0. The summed E-state index contributed by atoms with van der Waals surface area (Å²) in [5.74, 6) is -0.0481. The number of benzene rings is 1. The van der Waals surface area contributed by atoms with Gasteiger partial charge in [-0.25, -0.2) is 0 Å². The van der Waals surface area contributed by atoms with Crippen LogP contribution in [0.3, 0.4) is 0 Å². The molecule has 1 heterocycles. The maximum Gasteiger partial charge on any atom is 0.292 e. The van der Waals surface area contributed by atoms with Gasteiger partial charge >= 0.3 is 0 Å². The van der Waals surface area contributed by atoms with Crippen molar-refractivity contribution in [2.45, 2.75) is 19.8 Å². The number of nitro groups is 1. The van der Waals surface area contributed by atoms with Crippen molar-refractivity contribution in [3.05, 3.63) is 27.8 Å². The summed E-state index contributed by atoms with van der Waals surface area (Å²) in [5.41, 5.74) is 2.00. The Morgan fingerprint density at radius 3 is 2.86 bits per heavy atom. The van der Waals surface area contributed by atoms with Gasteiger partial charge in [-0.3, -0.25) is 14.9 Å². The van der Waals surface area contributed by atoms with E-state index in [-0.39, 0.29) is 16.5 Å². The van der Waals surface area contributed by atoms with Gasteiger partial charge in [-0.2, -0.15) is 0 Å². The molecule has 7 nitrogen and oxygen atoms in total. The van der Waals surface area contributed by atoms with E-state index in [4.69, 9.17) is 0 Å². The summed E-state index contributed by atoms with van der Waals surface area (Å²) in [6, 6.07) is 3.22. The number of amides is 1. The van der Waals surface area contributed by atoms with E-state index < -0.39 is 0 Å². The van der Waals surface area contributed by atoms with Gasteiger partial charge in [0.25, 0.3) is 5.69 Å². The highest BCUT2D eigenvalue weighted by atomic mass is 16.6. The molecule has 0 spiro atoms. The van der Waals surface area contributed by atoms with Gasteiger partial charge in [0.15, 0.2) is 0 Å². The van der Waals surface area contributed by atoms with E-state index >= 15 is 0 Å². The first kappa shape index (κ1) is 15.2. The van der Waals surface area contributed by atoms with Crippen LogP contribution in [0.25, 0.3) is 0 Å². The van der Waals surface area contributed by atoms with Crippen LogP contribution in [-0.4, -0.2) is 42.4 Å². The molecule has 0 radical (unpaired) electrons. The van der Waals surface area contributed by atoms with Gasteiger partial charge in [-0.1, -0.05) is 6.92 Å². The Morgan fingerprint density at radius 1 is 1.43 bits per heavy atom. The van der Waals surface area contributed by atoms with Crippen LogP contribution in [0, 0.1) is 10.1 Å². The quantitative estimate of drug-likeness (QED) is 0.617. The minimum atomic E-state index is -0.386. The first-order valence-corrected chi connectivity index (χ1v) is 7.05. The van der Waals surface area contributed by atoms with Crippen LogP contribution in [0.5, 0.6) is 0 Å². The number of anilines is 2. The standard InChI is InChI=1S/C14H20N4O3/c1-3-17(2)7-6-15-12-9-11-10(4-5-14(19)16-11)8-13(12)18(20)21/h8-9,15H,3-7H2,1-2H3,(H,16,19). The molecule has 21 heavy (non-hydrogen) atoms. The van der Waals surface area contributed by atoms with Crippen molar-refractivity contribution >= 4 is 23.0 Å². The summed E-state index contributed by atoms with van der Waals surface area (Å²) >= 11 is 0. The Kier molecular flexibility index (Phi) is 4.74. The number of carbonyl (C=O) groups excluding carboxylic acids is 1. The van der Waals surface area contributed by atoms with Crippen molar-refractivity contribution in [3.63, 3.8) is 0 Å². The maximum atomic E-state index is 11.4. The Labute approximate surface area is 123 Å². The molecule has 1 amide bonds. The Morgan fingerprint density at radius 2 is 2.19 bits per heavy atom. The Hall–Kier alpha value is -2.15. The van der Waals surface area contributed by atoms with Crippen LogP contribution in [0.15, 0.2) is 12.1 Å². The third-order valence-corrected chi connectivity index (χ3v) is 3.66. The zero-order chi connectivity index (χ0) is 15.4. The lowest BCUT2D eigenvalue weighted by Crippen LogP contribution is -2.25. The molecule has 0 aliphatic carbocycles. The molecular formula is C14H20N4O3. The number of nitrogens with zero attached hydrogens (tertiary/aromatic N) is 2. The zero-order valence-electron chi connectivity index (χ0n) is 12.3. The van der Waals surface area contributed by atoms with Crippen LogP contribution >= 0.6 is 0 Å². The molecule has 2 rings (SSSR count). The van der Waals surface area contributed by atoms with Crippen molar-refractivity contribution in [3.8, 4) is 0 Å². The molecule has 0 aromatic heterocycles. The molecule has 2 N–H and O–H groups in total. The fourth-order valence-corrected chi connectivity index (χ4v) is 2.25. The van der Waals surface area contributed by atoms with Gasteiger partial charge in [-0.05, 0) is 31.6 Å². The van der Waals surface area contributed by atoms with Crippen LogP contribution in [0.4, 0.5) is 17.1 Å². The van der Waals surface area contributed by atoms with E-state index in [2.05, 4.69) is 22.5 Å². The first-order valence-electron chi connectivity index (χ1n) is 7.05. The molecule has 1 aromatic carbocycles. The third kappa shape index (κ3) is 3.69. The molecule has 1 aromatic rings. The van der Waals surface area contributed by atoms with E-state index in [1.54, 1.807) is 12.1 Å². The van der Waals surface area contributed by atoms with Crippen molar-refractivity contribution in [2.75, 3.05) is 37.3 Å². The van der Waals surface area contributed by atoms with Crippen LogP contribution in [-0.2, 0) is 11.2 Å². The molecule has 1 aliphatic heterocycles. The Balaban J connectivity index is 2.19. The maximum absolute atomic E-state index is 11.4. The second-order valence-corrected chi connectivity index (χ2v) is 5.15. The topological polar surface area (TPSA) is 87.5 Å². The van der Waals surface area contributed by atoms with Gasteiger partial charge < -0.3 is 15.5 Å².